The number of rotatable bonds is 2. The Labute approximate surface area is 62.4 Å². The molecule has 0 aliphatic rings. The predicted molar refractivity (Wildman–Crippen MR) is 43.3 cm³/mol. The zero-order chi connectivity index (χ0) is 8.15. The third-order valence-electron chi connectivity index (χ3n) is 1.16. The Morgan fingerprint density at radius 1 is 1.30 bits per heavy atom. The minimum atomic E-state index is 0.697. The predicted octanol–water partition coefficient (Wildman–Crippen LogP) is 1.79. The third-order valence-corrected chi connectivity index (χ3v) is 1.16. The van der Waals surface area contributed by atoms with E-state index in [-0.39, 0.29) is 0 Å². The lowest BCUT2D eigenvalue weighted by molar-refractivity contribution is 0.289. The highest BCUT2D eigenvalue weighted by molar-refractivity contribution is 5.20. The molecule has 0 aromatic rings. The minimum Gasteiger partial charge on any atom is -0.499 e. The molecule has 0 heterocycles. The molecule has 10 heavy (non-hydrogen) atoms. The van der Waals surface area contributed by atoms with Crippen LogP contribution in [0.1, 0.15) is 20.8 Å². The maximum absolute atomic E-state index is 5.61. The molecule has 0 aromatic carbocycles. The Morgan fingerprint density at radius 3 is 2.10 bits per heavy atom. The van der Waals surface area contributed by atoms with Gasteiger partial charge in [-0.05, 0) is 26.8 Å². The number of hydrogen-bond acceptors (Lipinski definition) is 2. The van der Waals surface area contributed by atoms with Gasteiger partial charge in [-0.3, -0.25) is 0 Å². The summed E-state index contributed by atoms with van der Waals surface area (Å²) in [6, 6.07) is 0. The number of ether oxygens (including phenoxy) is 1. The van der Waals surface area contributed by atoms with Gasteiger partial charge >= 0.3 is 0 Å². The molecule has 0 bridgehead atoms. The average Bonchev–Trinajstić information content (AvgIpc) is 1.85. The van der Waals surface area contributed by atoms with E-state index in [9.17, 15) is 0 Å². The maximum atomic E-state index is 5.61. The van der Waals surface area contributed by atoms with Gasteiger partial charge in [-0.2, -0.15) is 0 Å². The van der Waals surface area contributed by atoms with Crippen LogP contribution in [0.25, 0.3) is 0 Å². The summed E-state index contributed by atoms with van der Waals surface area (Å²) >= 11 is 0. The smallest absolute Gasteiger partial charge is 0.115 e. The highest BCUT2D eigenvalue weighted by Gasteiger charge is 1.91. The van der Waals surface area contributed by atoms with E-state index in [0.717, 1.165) is 5.76 Å². The van der Waals surface area contributed by atoms with Crippen LogP contribution in [0.15, 0.2) is 23.1 Å². The van der Waals surface area contributed by atoms with Gasteiger partial charge in [0.2, 0.25) is 0 Å². The molecule has 58 valence electrons. The van der Waals surface area contributed by atoms with E-state index in [1.54, 1.807) is 7.11 Å². The zero-order valence-electron chi connectivity index (χ0n) is 7.06. The molecular formula is C8H15NO. The van der Waals surface area contributed by atoms with Crippen LogP contribution in [0.3, 0.4) is 0 Å². The molecule has 0 rings (SSSR count). The molecule has 0 aliphatic carbocycles. The SMILES string of the molecule is CO/C(C)=C(\N)C=C(C)C. The summed E-state index contributed by atoms with van der Waals surface area (Å²) in [5, 5.41) is 0. The van der Waals surface area contributed by atoms with Crippen molar-refractivity contribution in [2.24, 2.45) is 5.73 Å². The molecule has 0 radical (unpaired) electrons. The third kappa shape index (κ3) is 3.17. The monoisotopic (exact) mass is 141 g/mol. The molecule has 2 N–H and O–H groups in total. The number of allylic oxidation sites excluding steroid dienone is 3. The molecule has 0 unspecified atom stereocenters. The summed E-state index contributed by atoms with van der Waals surface area (Å²) < 4.78 is 4.92. The summed E-state index contributed by atoms with van der Waals surface area (Å²) in [4.78, 5) is 0. The van der Waals surface area contributed by atoms with Crippen LogP contribution in [0.5, 0.6) is 0 Å². The van der Waals surface area contributed by atoms with E-state index < -0.39 is 0 Å². The van der Waals surface area contributed by atoms with E-state index in [0.29, 0.717) is 5.70 Å². The average molecular weight is 141 g/mol. The molecule has 0 aromatic heterocycles. The van der Waals surface area contributed by atoms with Crippen LogP contribution in [0.4, 0.5) is 0 Å². The molecule has 0 atom stereocenters. The fourth-order valence-electron chi connectivity index (χ4n) is 0.530. The Morgan fingerprint density at radius 2 is 1.80 bits per heavy atom. The van der Waals surface area contributed by atoms with Crippen LogP contribution in [-0.2, 0) is 4.74 Å². The van der Waals surface area contributed by atoms with Gasteiger partial charge in [-0.1, -0.05) is 5.57 Å². The van der Waals surface area contributed by atoms with Crippen molar-refractivity contribution >= 4 is 0 Å². The van der Waals surface area contributed by atoms with Crippen molar-refractivity contribution in [2.45, 2.75) is 20.8 Å². The summed E-state index contributed by atoms with van der Waals surface area (Å²) in [5.41, 5.74) is 7.48. The second-order valence-electron chi connectivity index (χ2n) is 2.44. The normalized spacial score (nSPS) is 12.0. The van der Waals surface area contributed by atoms with E-state index in [4.69, 9.17) is 10.5 Å². The van der Waals surface area contributed by atoms with E-state index in [1.807, 2.05) is 26.8 Å². The summed E-state index contributed by atoms with van der Waals surface area (Å²) in [5.74, 6) is 0.765. The van der Waals surface area contributed by atoms with Crippen molar-refractivity contribution in [1.29, 1.82) is 0 Å². The van der Waals surface area contributed by atoms with Gasteiger partial charge in [0.1, 0.15) is 5.76 Å². The highest BCUT2D eigenvalue weighted by atomic mass is 16.5. The lowest BCUT2D eigenvalue weighted by Crippen LogP contribution is -1.99. The topological polar surface area (TPSA) is 35.2 Å². The molecule has 0 spiro atoms. The van der Waals surface area contributed by atoms with Gasteiger partial charge in [0.05, 0.1) is 12.8 Å². The molecule has 2 nitrogen and oxygen atoms in total. The van der Waals surface area contributed by atoms with Crippen LogP contribution >= 0.6 is 0 Å². The van der Waals surface area contributed by atoms with Crippen LogP contribution in [-0.4, -0.2) is 7.11 Å². The van der Waals surface area contributed by atoms with Gasteiger partial charge in [0.25, 0.3) is 0 Å². The zero-order valence-corrected chi connectivity index (χ0v) is 7.06. The molecule has 0 saturated carbocycles. The Hall–Kier alpha value is -0.920. The standard InChI is InChI=1S/C8H15NO/c1-6(2)5-8(9)7(3)10-4/h5H,9H2,1-4H3/b8-7-. The van der Waals surface area contributed by atoms with Crippen molar-refractivity contribution < 1.29 is 4.74 Å². The Balaban J connectivity index is 4.33. The summed E-state index contributed by atoms with van der Waals surface area (Å²) in [6.45, 7) is 5.83. The summed E-state index contributed by atoms with van der Waals surface area (Å²) in [6.07, 6.45) is 1.89. The van der Waals surface area contributed by atoms with Gasteiger partial charge in [-0.25, -0.2) is 0 Å². The second-order valence-corrected chi connectivity index (χ2v) is 2.44. The van der Waals surface area contributed by atoms with Crippen molar-refractivity contribution in [1.82, 2.24) is 0 Å². The van der Waals surface area contributed by atoms with Gasteiger partial charge in [0.15, 0.2) is 0 Å². The first-order valence-corrected chi connectivity index (χ1v) is 3.23. The first-order valence-electron chi connectivity index (χ1n) is 3.23. The van der Waals surface area contributed by atoms with Gasteiger partial charge in [-0.15, -0.1) is 0 Å². The lowest BCUT2D eigenvalue weighted by atomic mass is 10.2. The van der Waals surface area contributed by atoms with E-state index >= 15 is 0 Å². The van der Waals surface area contributed by atoms with Crippen LogP contribution in [0, 0.1) is 0 Å². The van der Waals surface area contributed by atoms with Crippen molar-refractivity contribution in [3.05, 3.63) is 23.1 Å². The molecule has 0 aliphatic heterocycles. The highest BCUT2D eigenvalue weighted by Crippen LogP contribution is 2.02. The fourth-order valence-corrected chi connectivity index (χ4v) is 0.530. The number of methoxy groups -OCH3 is 1. The number of nitrogens with two attached hydrogens (primary N) is 1. The fraction of sp³-hybridized carbons (Fsp3) is 0.500. The molecule has 2 heteroatoms. The summed E-state index contributed by atoms with van der Waals surface area (Å²) in [7, 11) is 1.61. The Kier molecular flexibility index (Phi) is 3.62. The minimum absolute atomic E-state index is 0.697. The maximum Gasteiger partial charge on any atom is 0.115 e. The van der Waals surface area contributed by atoms with Crippen molar-refractivity contribution in [3.63, 3.8) is 0 Å². The molecule has 0 amide bonds. The van der Waals surface area contributed by atoms with E-state index in [1.165, 1.54) is 5.57 Å². The van der Waals surface area contributed by atoms with E-state index in [2.05, 4.69) is 0 Å². The largest absolute Gasteiger partial charge is 0.499 e. The van der Waals surface area contributed by atoms with Crippen LogP contribution in [0.2, 0.25) is 0 Å². The van der Waals surface area contributed by atoms with Gasteiger partial charge in [0, 0.05) is 0 Å². The Bertz CT molecular complexity index is 164. The first-order chi connectivity index (χ1) is 4.57. The molecular weight excluding hydrogens is 126 g/mol. The van der Waals surface area contributed by atoms with Crippen molar-refractivity contribution in [3.8, 4) is 0 Å². The quantitative estimate of drug-likeness (QED) is 0.470. The van der Waals surface area contributed by atoms with Crippen LogP contribution < -0.4 is 5.73 Å². The molecule has 0 saturated heterocycles. The molecule has 0 fully saturated rings. The second kappa shape index (κ2) is 3.99. The van der Waals surface area contributed by atoms with Crippen molar-refractivity contribution in [2.75, 3.05) is 7.11 Å². The van der Waals surface area contributed by atoms with Gasteiger partial charge < -0.3 is 10.5 Å². The number of hydrogen-bond donors (Lipinski definition) is 1. The lowest BCUT2D eigenvalue weighted by Gasteiger charge is -2.01. The first kappa shape index (κ1) is 9.08.